The molecule has 0 bridgehead atoms. The van der Waals surface area contributed by atoms with E-state index in [9.17, 15) is 14.7 Å². The minimum Gasteiger partial charge on any atom is -0.422 e. The third-order valence-electron chi connectivity index (χ3n) is 3.12. The van der Waals surface area contributed by atoms with Gasteiger partial charge in [0.15, 0.2) is 0 Å². The second-order valence-corrected chi connectivity index (χ2v) is 4.59. The number of hydrogen-bond donors (Lipinski definition) is 2. The van der Waals surface area contributed by atoms with Gasteiger partial charge in [-0.1, -0.05) is 25.1 Å². The molecular weight excluding hydrogens is 258 g/mol. The molecule has 0 aliphatic carbocycles. The molecule has 0 fully saturated rings. The molecule has 1 unspecified atom stereocenters. The highest BCUT2D eigenvalue weighted by atomic mass is 16.4. The first-order valence-electron chi connectivity index (χ1n) is 6.61. The average Bonchev–Trinajstić information content (AvgIpc) is 2.46. The molecule has 1 aromatic carbocycles. The highest BCUT2D eigenvalue weighted by Gasteiger charge is 2.13. The molecule has 5 nitrogen and oxygen atoms in total. The number of carbonyl (C=O) groups is 1. The number of nitrogens with one attached hydrogen (secondary N) is 1. The van der Waals surface area contributed by atoms with Crippen molar-refractivity contribution in [2.45, 2.75) is 25.9 Å². The fraction of sp³-hybridized carbons (Fsp3) is 0.333. The maximum atomic E-state index is 11.9. The van der Waals surface area contributed by atoms with Crippen molar-refractivity contribution in [2.24, 2.45) is 0 Å². The molecule has 2 aromatic rings. The van der Waals surface area contributed by atoms with Crippen LogP contribution in [-0.4, -0.2) is 23.7 Å². The van der Waals surface area contributed by atoms with E-state index in [1.807, 2.05) is 13.0 Å². The van der Waals surface area contributed by atoms with E-state index in [0.717, 1.165) is 0 Å². The van der Waals surface area contributed by atoms with Crippen LogP contribution in [0.1, 0.15) is 30.1 Å². The summed E-state index contributed by atoms with van der Waals surface area (Å²) in [5.74, 6) is -0.479. The quantitative estimate of drug-likeness (QED) is 0.814. The molecule has 0 radical (unpaired) electrons. The Morgan fingerprint density at radius 3 is 2.90 bits per heavy atom. The number of carbonyl (C=O) groups excluding carboxylic acids is 1. The Hall–Kier alpha value is -2.14. The molecular formula is C15H17NO4. The summed E-state index contributed by atoms with van der Waals surface area (Å²) in [5.41, 5.74) is -0.220. The van der Waals surface area contributed by atoms with Crippen LogP contribution in [0.25, 0.3) is 11.0 Å². The van der Waals surface area contributed by atoms with Crippen molar-refractivity contribution in [2.75, 3.05) is 6.54 Å². The van der Waals surface area contributed by atoms with Gasteiger partial charge in [0.25, 0.3) is 5.91 Å². The van der Waals surface area contributed by atoms with Crippen molar-refractivity contribution in [3.63, 3.8) is 0 Å². The topological polar surface area (TPSA) is 79.5 Å². The maximum absolute atomic E-state index is 11.9. The fourth-order valence-corrected chi connectivity index (χ4v) is 1.87. The fourth-order valence-electron chi connectivity index (χ4n) is 1.87. The number of benzene rings is 1. The first-order valence-corrected chi connectivity index (χ1v) is 6.61. The Balaban J connectivity index is 2.13. The van der Waals surface area contributed by atoms with Crippen LogP contribution in [0.5, 0.6) is 0 Å². The summed E-state index contributed by atoms with van der Waals surface area (Å²) in [5, 5.41) is 12.7. The lowest BCUT2D eigenvalue weighted by atomic mass is 10.1. The highest BCUT2D eigenvalue weighted by molar-refractivity contribution is 5.96. The second-order valence-electron chi connectivity index (χ2n) is 4.59. The Bertz CT molecular complexity index is 662. The van der Waals surface area contributed by atoms with Gasteiger partial charge in [-0.3, -0.25) is 4.79 Å². The van der Waals surface area contributed by atoms with Crippen LogP contribution in [0.2, 0.25) is 0 Å². The molecule has 0 saturated heterocycles. The number of para-hydroxylation sites is 1. The van der Waals surface area contributed by atoms with Gasteiger partial charge in [0, 0.05) is 11.9 Å². The van der Waals surface area contributed by atoms with E-state index in [1.165, 1.54) is 6.07 Å². The van der Waals surface area contributed by atoms with Crippen molar-refractivity contribution < 1.29 is 14.3 Å². The van der Waals surface area contributed by atoms with Crippen LogP contribution < -0.4 is 10.9 Å². The summed E-state index contributed by atoms with van der Waals surface area (Å²) < 4.78 is 5.10. The molecule has 0 aliphatic heterocycles. The van der Waals surface area contributed by atoms with E-state index in [4.69, 9.17) is 4.42 Å². The van der Waals surface area contributed by atoms with E-state index < -0.39 is 17.6 Å². The summed E-state index contributed by atoms with van der Waals surface area (Å²) in [6.07, 6.45) is 0.651. The molecule has 0 aliphatic rings. The van der Waals surface area contributed by atoms with E-state index in [0.29, 0.717) is 30.4 Å². The number of rotatable bonds is 5. The first kappa shape index (κ1) is 14.3. The molecule has 0 spiro atoms. The molecule has 1 aromatic heterocycles. The predicted octanol–water partition coefficient (Wildman–Crippen LogP) is 1.68. The van der Waals surface area contributed by atoms with Crippen LogP contribution in [0, 0.1) is 0 Å². The Morgan fingerprint density at radius 1 is 1.40 bits per heavy atom. The maximum Gasteiger partial charge on any atom is 0.349 e. The smallest absolute Gasteiger partial charge is 0.349 e. The number of amides is 1. The molecule has 2 rings (SSSR count). The molecule has 106 valence electrons. The lowest BCUT2D eigenvalue weighted by Gasteiger charge is -2.08. The van der Waals surface area contributed by atoms with E-state index >= 15 is 0 Å². The van der Waals surface area contributed by atoms with Gasteiger partial charge in [0.1, 0.15) is 11.1 Å². The van der Waals surface area contributed by atoms with E-state index in [2.05, 4.69) is 5.32 Å². The minimum absolute atomic E-state index is 0.0188. The second kappa shape index (κ2) is 6.34. The Labute approximate surface area is 116 Å². The third kappa shape index (κ3) is 3.24. The van der Waals surface area contributed by atoms with Gasteiger partial charge in [-0.05, 0) is 25.0 Å². The van der Waals surface area contributed by atoms with Gasteiger partial charge in [-0.15, -0.1) is 0 Å². The predicted molar refractivity (Wildman–Crippen MR) is 75.7 cm³/mol. The normalized spacial score (nSPS) is 12.3. The molecule has 0 saturated carbocycles. The Morgan fingerprint density at radius 2 is 2.15 bits per heavy atom. The number of aliphatic hydroxyl groups is 1. The van der Waals surface area contributed by atoms with E-state index in [-0.39, 0.29) is 5.56 Å². The van der Waals surface area contributed by atoms with Gasteiger partial charge in [-0.2, -0.15) is 0 Å². The molecule has 20 heavy (non-hydrogen) atoms. The summed E-state index contributed by atoms with van der Waals surface area (Å²) in [6, 6.07) is 8.54. The average molecular weight is 275 g/mol. The van der Waals surface area contributed by atoms with E-state index in [1.54, 1.807) is 18.2 Å². The summed E-state index contributed by atoms with van der Waals surface area (Å²) in [6.45, 7) is 2.19. The van der Waals surface area contributed by atoms with Gasteiger partial charge < -0.3 is 14.8 Å². The lowest BCUT2D eigenvalue weighted by Crippen LogP contribution is -2.30. The number of hydrogen-bond acceptors (Lipinski definition) is 4. The van der Waals surface area contributed by atoms with Crippen molar-refractivity contribution in [1.82, 2.24) is 5.32 Å². The van der Waals surface area contributed by atoms with Crippen molar-refractivity contribution in [3.05, 3.63) is 46.3 Å². The standard InChI is InChI=1S/C15H17NO4/c1-2-11(17)7-8-16-14(18)12-9-10-5-3-4-6-13(10)20-15(12)19/h3-6,9,11,17H,2,7-8H2,1H3,(H,16,18). The SMILES string of the molecule is CCC(O)CCNC(=O)c1cc2ccccc2oc1=O. The minimum atomic E-state index is -0.655. The van der Waals surface area contributed by atoms with Crippen molar-refractivity contribution >= 4 is 16.9 Å². The molecule has 1 heterocycles. The zero-order valence-electron chi connectivity index (χ0n) is 11.3. The highest BCUT2D eigenvalue weighted by Crippen LogP contribution is 2.12. The van der Waals surface area contributed by atoms with Crippen LogP contribution in [0.15, 0.2) is 39.5 Å². The number of fused-ring (bicyclic) bond motifs is 1. The molecule has 1 amide bonds. The summed E-state index contributed by atoms with van der Waals surface area (Å²) >= 11 is 0. The largest absolute Gasteiger partial charge is 0.422 e. The van der Waals surface area contributed by atoms with Crippen LogP contribution in [0.4, 0.5) is 0 Å². The summed E-state index contributed by atoms with van der Waals surface area (Å²) in [7, 11) is 0. The molecule has 5 heteroatoms. The molecule has 1 atom stereocenters. The van der Waals surface area contributed by atoms with Gasteiger partial charge in [-0.25, -0.2) is 4.79 Å². The first-order chi connectivity index (χ1) is 9.61. The summed E-state index contributed by atoms with van der Waals surface area (Å²) in [4.78, 5) is 23.7. The number of aliphatic hydroxyl groups excluding tert-OH is 1. The zero-order valence-corrected chi connectivity index (χ0v) is 11.3. The Kier molecular flexibility index (Phi) is 4.53. The lowest BCUT2D eigenvalue weighted by molar-refractivity contribution is 0.0938. The van der Waals surface area contributed by atoms with Crippen molar-refractivity contribution in [1.29, 1.82) is 0 Å². The van der Waals surface area contributed by atoms with Crippen LogP contribution in [0.3, 0.4) is 0 Å². The van der Waals surface area contributed by atoms with Gasteiger partial charge in [0.2, 0.25) is 0 Å². The van der Waals surface area contributed by atoms with Crippen LogP contribution >= 0.6 is 0 Å². The van der Waals surface area contributed by atoms with Crippen LogP contribution in [-0.2, 0) is 0 Å². The third-order valence-corrected chi connectivity index (χ3v) is 3.12. The zero-order chi connectivity index (χ0) is 14.5. The van der Waals surface area contributed by atoms with Gasteiger partial charge >= 0.3 is 5.63 Å². The van der Waals surface area contributed by atoms with Crippen molar-refractivity contribution in [3.8, 4) is 0 Å². The monoisotopic (exact) mass is 275 g/mol. The molecule has 2 N–H and O–H groups in total. The van der Waals surface area contributed by atoms with Gasteiger partial charge in [0.05, 0.1) is 6.10 Å².